The average Bonchev–Trinajstić information content (AvgIpc) is 0. The van der Waals surface area contributed by atoms with Gasteiger partial charge in [0.25, 0.3) is 0 Å². The predicted octanol–water partition coefficient (Wildman–Crippen LogP) is -1.21. The molecular formula is H2BaFeNiO. The first-order chi connectivity index (χ1) is 0. The van der Waals surface area contributed by atoms with E-state index in [1.54, 1.807) is 0 Å². The zero-order valence-corrected chi connectivity index (χ0v) is 8.41. The van der Waals surface area contributed by atoms with Crippen molar-refractivity contribution in [3.8, 4) is 0 Å². The molecule has 28 valence electrons. The molecular weight excluding hydrogens is 268 g/mol. The molecule has 0 aromatic rings. The molecule has 4 heteroatoms. The van der Waals surface area contributed by atoms with E-state index in [9.17, 15) is 0 Å². The molecule has 0 aliphatic heterocycles. The van der Waals surface area contributed by atoms with Gasteiger partial charge in [-0.05, 0) is 0 Å². The van der Waals surface area contributed by atoms with Gasteiger partial charge in [-0.25, -0.2) is 0 Å². The van der Waals surface area contributed by atoms with Crippen molar-refractivity contribution in [2.24, 2.45) is 0 Å². The summed E-state index contributed by atoms with van der Waals surface area (Å²) in [6.45, 7) is 0. The Morgan fingerprint density at radius 2 is 1.00 bits per heavy atom. The standard InChI is InChI=1S/Ba.Fe.Ni.H2O/h;;;1H2. The van der Waals surface area contributed by atoms with Gasteiger partial charge in [-0.2, -0.15) is 0 Å². The Bertz CT molecular complexity index is 8.00. The van der Waals surface area contributed by atoms with Crippen LogP contribution in [-0.2, 0) is 33.6 Å². The Hall–Kier alpha value is 2.54. The molecule has 1 nitrogen and oxygen atoms in total. The fourth-order valence-corrected chi connectivity index (χ4v) is 0. The van der Waals surface area contributed by atoms with Gasteiger partial charge in [0.15, 0.2) is 0 Å². The summed E-state index contributed by atoms with van der Waals surface area (Å²) in [5, 5.41) is 0. The summed E-state index contributed by atoms with van der Waals surface area (Å²) < 4.78 is 0. The molecule has 0 rings (SSSR count). The normalized spacial score (nSPS) is 0. The quantitative estimate of drug-likeness (QED) is 0.495. The Labute approximate surface area is 86.1 Å². The summed E-state index contributed by atoms with van der Waals surface area (Å²) in [6, 6.07) is 0. The van der Waals surface area contributed by atoms with E-state index in [0.717, 1.165) is 0 Å². The molecule has 0 aliphatic carbocycles. The van der Waals surface area contributed by atoms with Crippen LogP contribution in [0.25, 0.3) is 0 Å². The third-order valence-corrected chi connectivity index (χ3v) is 0. The molecule has 0 aromatic heterocycles. The molecule has 0 aromatic carbocycles. The number of rotatable bonds is 0. The smallest absolute Gasteiger partial charge is 0 e. The summed E-state index contributed by atoms with van der Waals surface area (Å²) >= 11 is 0. The van der Waals surface area contributed by atoms with Crippen LogP contribution in [-0.4, -0.2) is 54.4 Å². The zero-order chi connectivity index (χ0) is 0. The third kappa shape index (κ3) is 8.82. The van der Waals surface area contributed by atoms with E-state index in [-0.39, 0.29) is 87.9 Å². The van der Waals surface area contributed by atoms with E-state index in [1.807, 2.05) is 0 Å². The van der Waals surface area contributed by atoms with Crippen LogP contribution in [0.3, 0.4) is 0 Å². The largest absolute Gasteiger partial charge is 0.412 e. The van der Waals surface area contributed by atoms with Crippen LogP contribution in [0.5, 0.6) is 0 Å². The van der Waals surface area contributed by atoms with E-state index < -0.39 is 0 Å². The minimum Gasteiger partial charge on any atom is -0.412 e. The van der Waals surface area contributed by atoms with Crippen LogP contribution >= 0.6 is 0 Å². The SMILES string of the molecule is O.[Ba].[Fe].[Ni]. The Morgan fingerprint density at radius 1 is 1.00 bits per heavy atom. The van der Waals surface area contributed by atoms with E-state index >= 15 is 0 Å². The number of hydrogen-bond donors (Lipinski definition) is 0. The Morgan fingerprint density at radius 3 is 1.00 bits per heavy atom. The second-order valence-electron chi connectivity index (χ2n) is 0. The predicted molar refractivity (Wildman–Crippen MR) is 9.37 cm³/mol. The van der Waals surface area contributed by atoms with Gasteiger partial charge in [-0.3, -0.25) is 0 Å². The van der Waals surface area contributed by atoms with E-state index in [4.69, 9.17) is 0 Å². The molecule has 0 aliphatic rings. The first-order valence-corrected chi connectivity index (χ1v) is 0. The molecule has 0 bridgehead atoms. The van der Waals surface area contributed by atoms with Crippen LogP contribution in [0.2, 0.25) is 0 Å². The van der Waals surface area contributed by atoms with Crippen LogP contribution in [0.4, 0.5) is 0 Å². The first kappa shape index (κ1) is 31.1. The molecule has 0 fully saturated rings. The maximum atomic E-state index is 0. The van der Waals surface area contributed by atoms with Gasteiger partial charge < -0.3 is 5.48 Å². The van der Waals surface area contributed by atoms with Crippen LogP contribution in [0.1, 0.15) is 0 Å². The van der Waals surface area contributed by atoms with Gasteiger partial charge in [0.1, 0.15) is 0 Å². The van der Waals surface area contributed by atoms with Crippen molar-refractivity contribution in [3.63, 3.8) is 0 Å². The van der Waals surface area contributed by atoms with E-state index in [1.165, 1.54) is 0 Å². The summed E-state index contributed by atoms with van der Waals surface area (Å²) in [5.41, 5.74) is 0. The van der Waals surface area contributed by atoms with Crippen molar-refractivity contribution < 1.29 is 39.0 Å². The summed E-state index contributed by atoms with van der Waals surface area (Å²) in [5.74, 6) is 0. The van der Waals surface area contributed by atoms with Crippen molar-refractivity contribution in [2.75, 3.05) is 0 Å². The number of hydrogen-bond acceptors (Lipinski definition) is 0. The molecule has 0 amide bonds. The monoisotopic (exact) mass is 270 g/mol. The molecule has 0 heterocycles. The van der Waals surface area contributed by atoms with Crippen molar-refractivity contribution in [2.45, 2.75) is 0 Å². The van der Waals surface area contributed by atoms with E-state index in [0.29, 0.717) is 0 Å². The van der Waals surface area contributed by atoms with Gasteiger partial charge >= 0.3 is 0 Å². The second kappa shape index (κ2) is 17.7. The second-order valence-corrected chi connectivity index (χ2v) is 0. The fourth-order valence-electron chi connectivity index (χ4n) is 0. The third-order valence-electron chi connectivity index (χ3n) is 0. The van der Waals surface area contributed by atoms with Gasteiger partial charge in [0, 0.05) is 82.4 Å². The Balaban J connectivity index is 0. The van der Waals surface area contributed by atoms with Crippen LogP contribution in [0.15, 0.2) is 0 Å². The zero-order valence-electron chi connectivity index (χ0n) is 1.88. The summed E-state index contributed by atoms with van der Waals surface area (Å²) in [7, 11) is 0. The van der Waals surface area contributed by atoms with Gasteiger partial charge in [0.2, 0.25) is 0 Å². The molecule has 0 saturated heterocycles. The van der Waals surface area contributed by atoms with E-state index in [2.05, 4.69) is 0 Å². The molecule has 4 heavy (non-hydrogen) atoms. The minimum absolute atomic E-state index is 0. The summed E-state index contributed by atoms with van der Waals surface area (Å²) in [6.07, 6.45) is 0. The molecule has 0 atom stereocenters. The maximum absolute atomic E-state index is 0. The minimum atomic E-state index is 0. The van der Waals surface area contributed by atoms with Crippen molar-refractivity contribution >= 4 is 48.9 Å². The topological polar surface area (TPSA) is 31.5 Å². The molecule has 2 radical (unpaired) electrons. The van der Waals surface area contributed by atoms with Crippen LogP contribution in [0, 0.1) is 0 Å². The molecule has 0 saturated carbocycles. The van der Waals surface area contributed by atoms with Crippen LogP contribution < -0.4 is 0 Å². The van der Waals surface area contributed by atoms with Crippen molar-refractivity contribution in [1.29, 1.82) is 0 Å². The van der Waals surface area contributed by atoms with Gasteiger partial charge in [-0.1, -0.05) is 0 Å². The van der Waals surface area contributed by atoms with Crippen molar-refractivity contribution in [1.82, 2.24) is 0 Å². The Kier molecular flexibility index (Phi) is 137. The van der Waals surface area contributed by atoms with Gasteiger partial charge in [-0.15, -0.1) is 0 Å². The maximum Gasteiger partial charge on any atom is 0 e. The molecule has 0 unspecified atom stereocenters. The fraction of sp³-hybridized carbons (Fsp3) is 0. The van der Waals surface area contributed by atoms with Crippen molar-refractivity contribution in [3.05, 3.63) is 0 Å². The van der Waals surface area contributed by atoms with Gasteiger partial charge in [0.05, 0.1) is 0 Å². The molecule has 2 N–H and O–H groups in total. The molecule has 0 spiro atoms. The first-order valence-electron chi connectivity index (χ1n) is 0. The summed E-state index contributed by atoms with van der Waals surface area (Å²) in [4.78, 5) is 0. The average molecular weight is 270 g/mol.